The maximum Gasteiger partial charge on any atom is 0.258 e. The summed E-state index contributed by atoms with van der Waals surface area (Å²) in [5, 5.41) is 0. The molecule has 3 nitrogen and oxygen atoms in total. The van der Waals surface area contributed by atoms with Crippen LogP contribution in [0.25, 0.3) is 0 Å². The first-order valence-corrected chi connectivity index (χ1v) is 7.02. The first-order chi connectivity index (χ1) is 9.31. The molecule has 3 heteroatoms. The molecule has 1 saturated heterocycles. The van der Waals surface area contributed by atoms with Gasteiger partial charge in [-0.05, 0) is 38.3 Å². The lowest BCUT2D eigenvalue weighted by atomic mass is 10.1. The Labute approximate surface area is 113 Å². The molecule has 3 rings (SSSR count). The number of amides is 1. The molecule has 100 valence electrons. The largest absolute Gasteiger partial charge is 0.493 e. The zero-order chi connectivity index (χ0) is 13.2. The Morgan fingerprint density at radius 3 is 3.00 bits per heavy atom. The summed E-state index contributed by atoms with van der Waals surface area (Å²) in [6.45, 7) is 2.52. The first kappa shape index (κ1) is 12.3. The van der Waals surface area contributed by atoms with Crippen molar-refractivity contribution in [2.24, 2.45) is 0 Å². The monoisotopic (exact) mass is 257 g/mol. The van der Waals surface area contributed by atoms with Crippen LogP contribution in [0.4, 0.5) is 0 Å². The van der Waals surface area contributed by atoms with Crippen molar-refractivity contribution < 1.29 is 9.53 Å². The Bertz CT molecular complexity index is 509. The first-order valence-electron chi connectivity index (χ1n) is 7.02. The summed E-state index contributed by atoms with van der Waals surface area (Å²) in [4.78, 5) is 14.8. The van der Waals surface area contributed by atoms with Crippen molar-refractivity contribution in [3.8, 4) is 5.75 Å². The van der Waals surface area contributed by atoms with E-state index in [2.05, 4.69) is 12.2 Å². The molecule has 0 aromatic heterocycles. The molecular weight excluding hydrogens is 238 g/mol. The molecular formula is C16H19NO2. The van der Waals surface area contributed by atoms with Crippen molar-refractivity contribution in [1.82, 2.24) is 4.90 Å². The van der Waals surface area contributed by atoms with E-state index in [-0.39, 0.29) is 11.9 Å². The standard InChI is InChI=1S/C16H19NO2/c1-2-19-15-9-4-3-8-14(15)16(18)17-12-6-5-7-13(17)11-10-12/h3-6,8-9,12-13H,2,7,10-11H2,1H3. The molecule has 19 heavy (non-hydrogen) atoms. The van der Waals surface area contributed by atoms with Crippen molar-refractivity contribution in [2.75, 3.05) is 6.61 Å². The Balaban J connectivity index is 1.90. The number of nitrogens with zero attached hydrogens (tertiary/aromatic N) is 1. The minimum Gasteiger partial charge on any atom is -0.493 e. The van der Waals surface area contributed by atoms with Crippen LogP contribution in [0.3, 0.4) is 0 Å². The van der Waals surface area contributed by atoms with Gasteiger partial charge in [0.1, 0.15) is 5.75 Å². The number of hydrogen-bond acceptors (Lipinski definition) is 2. The fourth-order valence-electron chi connectivity index (χ4n) is 3.11. The molecule has 2 bridgehead atoms. The zero-order valence-corrected chi connectivity index (χ0v) is 11.2. The molecule has 0 aliphatic carbocycles. The van der Waals surface area contributed by atoms with Crippen LogP contribution in [-0.2, 0) is 0 Å². The highest BCUT2D eigenvalue weighted by atomic mass is 16.5. The molecule has 2 aliphatic heterocycles. The van der Waals surface area contributed by atoms with E-state index in [9.17, 15) is 4.79 Å². The number of fused-ring (bicyclic) bond motifs is 2. The zero-order valence-electron chi connectivity index (χ0n) is 11.2. The van der Waals surface area contributed by atoms with Gasteiger partial charge >= 0.3 is 0 Å². The number of carbonyl (C=O) groups is 1. The Kier molecular flexibility index (Phi) is 3.28. The number of benzene rings is 1. The van der Waals surface area contributed by atoms with Gasteiger partial charge in [-0.25, -0.2) is 0 Å². The highest BCUT2D eigenvalue weighted by Crippen LogP contribution is 2.34. The number of carbonyl (C=O) groups excluding carboxylic acids is 1. The molecule has 1 amide bonds. The van der Waals surface area contributed by atoms with Crippen LogP contribution in [0.5, 0.6) is 5.75 Å². The van der Waals surface area contributed by atoms with Gasteiger partial charge in [0.2, 0.25) is 0 Å². The third-order valence-corrected chi connectivity index (χ3v) is 3.96. The molecule has 2 heterocycles. The van der Waals surface area contributed by atoms with Gasteiger partial charge in [-0.3, -0.25) is 4.79 Å². The Morgan fingerprint density at radius 1 is 1.37 bits per heavy atom. The highest BCUT2D eigenvalue weighted by Gasteiger charge is 2.38. The summed E-state index contributed by atoms with van der Waals surface area (Å²) >= 11 is 0. The smallest absolute Gasteiger partial charge is 0.258 e. The second kappa shape index (κ2) is 5.08. The Morgan fingerprint density at radius 2 is 2.21 bits per heavy atom. The van der Waals surface area contributed by atoms with E-state index < -0.39 is 0 Å². The maximum absolute atomic E-state index is 12.8. The SMILES string of the molecule is CCOc1ccccc1C(=O)N1C2C=CCC1CC2. The topological polar surface area (TPSA) is 29.5 Å². The number of para-hydroxylation sites is 1. The quantitative estimate of drug-likeness (QED) is 0.779. The third-order valence-electron chi connectivity index (χ3n) is 3.96. The fraction of sp³-hybridized carbons (Fsp3) is 0.438. The van der Waals surface area contributed by atoms with E-state index >= 15 is 0 Å². The lowest BCUT2D eigenvalue weighted by Gasteiger charge is -2.32. The highest BCUT2D eigenvalue weighted by molar-refractivity contribution is 5.97. The third kappa shape index (κ3) is 2.14. The Hall–Kier alpha value is -1.77. The van der Waals surface area contributed by atoms with Crippen molar-refractivity contribution in [1.29, 1.82) is 0 Å². The molecule has 1 aromatic rings. The lowest BCUT2D eigenvalue weighted by molar-refractivity contribution is 0.0684. The number of ether oxygens (including phenoxy) is 1. The van der Waals surface area contributed by atoms with Gasteiger partial charge in [-0.1, -0.05) is 24.3 Å². The minimum absolute atomic E-state index is 0.112. The number of rotatable bonds is 3. The van der Waals surface area contributed by atoms with E-state index in [0.29, 0.717) is 24.0 Å². The van der Waals surface area contributed by atoms with Gasteiger partial charge in [0.15, 0.2) is 0 Å². The van der Waals surface area contributed by atoms with Crippen LogP contribution in [0, 0.1) is 0 Å². The van der Waals surface area contributed by atoms with Crippen molar-refractivity contribution in [3.63, 3.8) is 0 Å². The van der Waals surface area contributed by atoms with Gasteiger partial charge in [0.25, 0.3) is 5.91 Å². The van der Waals surface area contributed by atoms with E-state index in [4.69, 9.17) is 4.74 Å². The second-order valence-electron chi connectivity index (χ2n) is 5.10. The molecule has 0 N–H and O–H groups in total. The summed E-state index contributed by atoms with van der Waals surface area (Å²) in [5.41, 5.74) is 0.691. The van der Waals surface area contributed by atoms with E-state index in [0.717, 1.165) is 19.3 Å². The van der Waals surface area contributed by atoms with Gasteiger partial charge < -0.3 is 9.64 Å². The minimum atomic E-state index is 0.112. The fourth-order valence-corrected chi connectivity index (χ4v) is 3.11. The van der Waals surface area contributed by atoms with Crippen LogP contribution >= 0.6 is 0 Å². The van der Waals surface area contributed by atoms with Crippen molar-refractivity contribution in [2.45, 2.75) is 38.3 Å². The average Bonchev–Trinajstić information content (AvgIpc) is 2.68. The van der Waals surface area contributed by atoms with Crippen molar-refractivity contribution in [3.05, 3.63) is 42.0 Å². The molecule has 1 aromatic carbocycles. The molecule has 2 aliphatic rings. The van der Waals surface area contributed by atoms with E-state index in [1.54, 1.807) is 0 Å². The van der Waals surface area contributed by atoms with Crippen LogP contribution in [0.2, 0.25) is 0 Å². The van der Waals surface area contributed by atoms with Crippen LogP contribution in [0.15, 0.2) is 36.4 Å². The lowest BCUT2D eigenvalue weighted by Crippen LogP contribution is -2.42. The molecule has 0 saturated carbocycles. The van der Waals surface area contributed by atoms with Crippen LogP contribution < -0.4 is 4.74 Å². The molecule has 0 spiro atoms. The summed E-state index contributed by atoms with van der Waals surface area (Å²) in [6.07, 6.45) is 7.56. The molecule has 2 atom stereocenters. The predicted molar refractivity (Wildman–Crippen MR) is 74.3 cm³/mol. The average molecular weight is 257 g/mol. The van der Waals surface area contributed by atoms with Gasteiger partial charge in [-0.15, -0.1) is 0 Å². The van der Waals surface area contributed by atoms with Crippen molar-refractivity contribution >= 4 is 5.91 Å². The van der Waals surface area contributed by atoms with Gasteiger partial charge in [0.05, 0.1) is 18.2 Å². The summed E-state index contributed by atoms with van der Waals surface area (Å²) in [5.74, 6) is 0.810. The molecule has 1 fully saturated rings. The molecule has 2 unspecified atom stereocenters. The van der Waals surface area contributed by atoms with Gasteiger partial charge in [-0.2, -0.15) is 0 Å². The number of hydrogen-bond donors (Lipinski definition) is 0. The van der Waals surface area contributed by atoms with E-state index in [1.807, 2.05) is 36.1 Å². The predicted octanol–water partition coefficient (Wildman–Crippen LogP) is 3.02. The summed E-state index contributed by atoms with van der Waals surface area (Å²) in [6, 6.07) is 8.20. The maximum atomic E-state index is 12.8. The van der Waals surface area contributed by atoms with Crippen LogP contribution in [-0.4, -0.2) is 29.5 Å². The van der Waals surface area contributed by atoms with E-state index in [1.165, 1.54) is 0 Å². The van der Waals surface area contributed by atoms with Gasteiger partial charge in [0, 0.05) is 6.04 Å². The normalized spacial score (nSPS) is 24.6. The second-order valence-corrected chi connectivity index (χ2v) is 5.10. The summed E-state index contributed by atoms with van der Waals surface area (Å²) < 4.78 is 5.57. The summed E-state index contributed by atoms with van der Waals surface area (Å²) in [7, 11) is 0. The van der Waals surface area contributed by atoms with Crippen LogP contribution in [0.1, 0.15) is 36.5 Å². The molecule has 0 radical (unpaired) electrons.